The smallest absolute Gasteiger partial charge is 0.336 e. The highest BCUT2D eigenvalue weighted by atomic mass is 16.6. The first kappa shape index (κ1) is 13.7. The lowest BCUT2D eigenvalue weighted by Gasteiger charge is -2.30. The first-order chi connectivity index (χ1) is 6.70. The summed E-state index contributed by atoms with van der Waals surface area (Å²) in [6, 6.07) is 0. The van der Waals surface area contributed by atoms with Crippen LogP contribution >= 0.6 is 0 Å². The molecular formula is C11H18O4. The van der Waals surface area contributed by atoms with Crippen molar-refractivity contribution in [3.63, 3.8) is 0 Å². The number of methoxy groups -OCH3 is 1. The number of hydrogen-bond acceptors (Lipinski definition) is 4. The number of ether oxygens (including phenoxy) is 2. The minimum Gasteiger partial charge on any atom is -0.466 e. The summed E-state index contributed by atoms with van der Waals surface area (Å²) in [5.41, 5.74) is -0.239. The highest BCUT2D eigenvalue weighted by molar-refractivity contribution is 5.89. The Balaban J connectivity index is 4.87. The minimum absolute atomic E-state index is 0.153. The van der Waals surface area contributed by atoms with Gasteiger partial charge in [-0.2, -0.15) is 0 Å². The third kappa shape index (κ3) is 4.14. The fourth-order valence-corrected chi connectivity index (χ4v) is 1.17. The monoisotopic (exact) mass is 214 g/mol. The molecule has 0 spiro atoms. The van der Waals surface area contributed by atoms with Crippen LogP contribution in [0, 0.1) is 5.41 Å². The number of hydrogen-bond donors (Lipinski definition) is 0. The molecule has 0 aromatic rings. The fourth-order valence-electron chi connectivity index (χ4n) is 1.17. The van der Waals surface area contributed by atoms with Gasteiger partial charge in [0.05, 0.1) is 12.7 Å². The number of carbonyl (C=O) groups excluding carboxylic acids is 2. The second kappa shape index (κ2) is 4.96. The van der Waals surface area contributed by atoms with Crippen LogP contribution in [-0.4, -0.2) is 25.2 Å². The minimum atomic E-state index is -0.664. The first-order valence-corrected chi connectivity index (χ1v) is 4.64. The zero-order valence-corrected chi connectivity index (χ0v) is 9.92. The summed E-state index contributed by atoms with van der Waals surface area (Å²) in [6.07, 6.45) is -0.664. The van der Waals surface area contributed by atoms with Crippen LogP contribution in [0.4, 0.5) is 0 Å². The van der Waals surface area contributed by atoms with Gasteiger partial charge in [0.25, 0.3) is 0 Å². The molecule has 4 nitrogen and oxygen atoms in total. The SMILES string of the molecule is C=C(C(=O)OC)C(OC(C)=O)C(C)(C)C. The average molecular weight is 214 g/mol. The Labute approximate surface area is 90.2 Å². The van der Waals surface area contributed by atoms with Crippen molar-refractivity contribution in [2.75, 3.05) is 7.11 Å². The molecule has 0 fully saturated rings. The van der Waals surface area contributed by atoms with E-state index >= 15 is 0 Å². The summed E-state index contributed by atoms with van der Waals surface area (Å²) in [5.74, 6) is -1.00. The highest BCUT2D eigenvalue weighted by Crippen LogP contribution is 2.28. The van der Waals surface area contributed by atoms with Crippen LogP contribution in [-0.2, 0) is 19.1 Å². The molecule has 0 amide bonds. The average Bonchev–Trinajstić information content (AvgIpc) is 2.09. The predicted molar refractivity (Wildman–Crippen MR) is 56.2 cm³/mol. The number of esters is 2. The Kier molecular flexibility index (Phi) is 4.52. The molecule has 0 saturated heterocycles. The molecule has 1 unspecified atom stereocenters. The van der Waals surface area contributed by atoms with Gasteiger partial charge in [0, 0.05) is 12.3 Å². The molecule has 0 radical (unpaired) electrons. The van der Waals surface area contributed by atoms with Crippen LogP contribution in [0.1, 0.15) is 27.7 Å². The topological polar surface area (TPSA) is 52.6 Å². The maximum atomic E-state index is 11.3. The van der Waals surface area contributed by atoms with E-state index < -0.39 is 23.5 Å². The van der Waals surface area contributed by atoms with E-state index in [1.54, 1.807) is 0 Å². The molecule has 0 rings (SSSR count). The molecule has 0 aromatic heterocycles. The molecule has 4 heteroatoms. The van der Waals surface area contributed by atoms with Gasteiger partial charge in [-0.1, -0.05) is 27.4 Å². The maximum Gasteiger partial charge on any atom is 0.336 e. The zero-order chi connectivity index (χ0) is 12.2. The lowest BCUT2D eigenvalue weighted by atomic mass is 9.85. The van der Waals surface area contributed by atoms with Crippen LogP contribution in [0.5, 0.6) is 0 Å². The molecule has 0 bridgehead atoms. The van der Waals surface area contributed by atoms with Gasteiger partial charge >= 0.3 is 11.9 Å². The summed E-state index contributed by atoms with van der Waals surface area (Å²) in [5, 5.41) is 0. The largest absolute Gasteiger partial charge is 0.466 e. The Morgan fingerprint density at radius 2 is 1.73 bits per heavy atom. The Morgan fingerprint density at radius 1 is 1.27 bits per heavy atom. The van der Waals surface area contributed by atoms with Gasteiger partial charge in [-0.25, -0.2) is 4.79 Å². The summed E-state index contributed by atoms with van der Waals surface area (Å²) in [7, 11) is 1.26. The molecule has 0 aliphatic rings. The maximum absolute atomic E-state index is 11.3. The summed E-state index contributed by atoms with van der Waals surface area (Å²) >= 11 is 0. The predicted octanol–water partition coefficient (Wildman–Crippen LogP) is 1.69. The number of carbonyl (C=O) groups is 2. The second-order valence-electron chi connectivity index (χ2n) is 4.37. The van der Waals surface area contributed by atoms with Crippen LogP contribution < -0.4 is 0 Å². The summed E-state index contributed by atoms with van der Waals surface area (Å²) in [6.45, 7) is 10.5. The highest BCUT2D eigenvalue weighted by Gasteiger charge is 2.33. The molecule has 0 aliphatic heterocycles. The van der Waals surface area contributed by atoms with Crippen molar-refractivity contribution in [2.45, 2.75) is 33.8 Å². The second-order valence-corrected chi connectivity index (χ2v) is 4.37. The van der Waals surface area contributed by atoms with Gasteiger partial charge < -0.3 is 9.47 Å². The summed E-state index contributed by atoms with van der Waals surface area (Å²) < 4.78 is 9.60. The third-order valence-electron chi connectivity index (χ3n) is 1.83. The van der Waals surface area contributed by atoms with Crippen LogP contribution in [0.3, 0.4) is 0 Å². The van der Waals surface area contributed by atoms with Gasteiger partial charge in [-0.15, -0.1) is 0 Å². The molecular weight excluding hydrogens is 196 g/mol. The molecule has 0 saturated carbocycles. The van der Waals surface area contributed by atoms with Crippen LogP contribution in [0.2, 0.25) is 0 Å². The van der Waals surface area contributed by atoms with Gasteiger partial charge in [-0.3, -0.25) is 4.79 Å². The van der Waals surface area contributed by atoms with E-state index in [9.17, 15) is 9.59 Å². The number of rotatable bonds is 3. The van der Waals surface area contributed by atoms with Crippen molar-refractivity contribution in [1.29, 1.82) is 0 Å². The van der Waals surface area contributed by atoms with E-state index in [1.165, 1.54) is 14.0 Å². The molecule has 15 heavy (non-hydrogen) atoms. The van der Waals surface area contributed by atoms with Crippen molar-refractivity contribution in [1.82, 2.24) is 0 Å². The van der Waals surface area contributed by atoms with E-state index in [4.69, 9.17) is 4.74 Å². The van der Waals surface area contributed by atoms with Gasteiger partial charge in [-0.05, 0) is 0 Å². The van der Waals surface area contributed by atoms with Crippen molar-refractivity contribution in [2.24, 2.45) is 5.41 Å². The van der Waals surface area contributed by atoms with Crippen molar-refractivity contribution in [3.05, 3.63) is 12.2 Å². The molecule has 0 heterocycles. The summed E-state index contributed by atoms with van der Waals surface area (Å²) in [4.78, 5) is 22.2. The van der Waals surface area contributed by atoms with E-state index in [-0.39, 0.29) is 5.57 Å². The third-order valence-corrected chi connectivity index (χ3v) is 1.83. The Hall–Kier alpha value is -1.32. The molecule has 0 aliphatic carbocycles. The molecule has 0 aromatic carbocycles. The Bertz CT molecular complexity index is 273. The lowest BCUT2D eigenvalue weighted by Crippen LogP contribution is -2.35. The van der Waals surface area contributed by atoms with Crippen molar-refractivity contribution < 1.29 is 19.1 Å². The van der Waals surface area contributed by atoms with E-state index in [0.29, 0.717) is 0 Å². The van der Waals surface area contributed by atoms with E-state index in [0.717, 1.165) is 0 Å². The normalized spacial score (nSPS) is 12.9. The first-order valence-electron chi connectivity index (χ1n) is 4.64. The van der Waals surface area contributed by atoms with E-state index in [2.05, 4.69) is 11.3 Å². The zero-order valence-electron chi connectivity index (χ0n) is 9.92. The lowest BCUT2D eigenvalue weighted by molar-refractivity contribution is -0.151. The Morgan fingerprint density at radius 3 is 2.00 bits per heavy atom. The fraction of sp³-hybridized carbons (Fsp3) is 0.636. The van der Waals surface area contributed by atoms with Gasteiger partial charge in [0.1, 0.15) is 6.10 Å². The molecule has 0 N–H and O–H groups in total. The van der Waals surface area contributed by atoms with Gasteiger partial charge in [0.2, 0.25) is 0 Å². The molecule has 1 atom stereocenters. The molecule has 86 valence electrons. The standard InChI is InChI=1S/C11H18O4/c1-7(10(13)14-6)9(11(3,4)5)15-8(2)12/h9H,1H2,2-6H3. The van der Waals surface area contributed by atoms with Crippen molar-refractivity contribution in [3.8, 4) is 0 Å². The van der Waals surface area contributed by atoms with Crippen LogP contribution in [0.25, 0.3) is 0 Å². The van der Waals surface area contributed by atoms with Gasteiger partial charge in [0.15, 0.2) is 0 Å². The quantitative estimate of drug-likeness (QED) is 0.530. The van der Waals surface area contributed by atoms with Crippen molar-refractivity contribution >= 4 is 11.9 Å². The van der Waals surface area contributed by atoms with E-state index in [1.807, 2.05) is 20.8 Å². The van der Waals surface area contributed by atoms with Crippen LogP contribution in [0.15, 0.2) is 12.2 Å².